The number of aromatic nitrogens is 14. The normalized spacial score (nSPS) is 15.6. The van der Waals surface area contributed by atoms with Crippen LogP contribution in [0.25, 0.3) is 0 Å². The first-order valence-corrected chi connectivity index (χ1v) is 38.6. The Morgan fingerprint density at radius 2 is 1.04 bits per heavy atom. The minimum atomic E-state index is 0.718. The number of aromatic amines is 1. The lowest BCUT2D eigenvalue weighted by Crippen LogP contribution is -2.32. The maximum Gasteiger partial charge on any atom is 0.190 e. The van der Waals surface area contributed by atoms with Gasteiger partial charge in [0.2, 0.25) is 0 Å². The summed E-state index contributed by atoms with van der Waals surface area (Å²) >= 11 is 3.36. The molecule has 0 radical (unpaired) electrons. The molecule has 0 amide bonds. The van der Waals surface area contributed by atoms with E-state index in [0.717, 1.165) is 100 Å². The highest BCUT2D eigenvalue weighted by Crippen LogP contribution is 2.27. The van der Waals surface area contributed by atoms with Gasteiger partial charge in [-0.3, -0.25) is 19.9 Å². The van der Waals surface area contributed by atoms with Crippen LogP contribution >= 0.6 is 22.7 Å². The fraction of sp³-hybridized carbons (Fsp3) is 0.561. The van der Waals surface area contributed by atoms with Crippen LogP contribution in [0.3, 0.4) is 0 Å². The zero-order valence-corrected chi connectivity index (χ0v) is 69.3. The summed E-state index contributed by atoms with van der Waals surface area (Å²) in [5.41, 5.74) is 9.22. The molecule has 19 nitrogen and oxygen atoms in total. The quantitative estimate of drug-likeness (QED) is 0.151. The number of hydrogen-bond acceptors (Lipinski definition) is 17. The molecule has 10 aromatic rings. The molecule has 21 heteroatoms. The number of hydrogen-bond donors (Lipinski definition) is 1. The molecule has 15 rings (SSSR count). The summed E-state index contributed by atoms with van der Waals surface area (Å²) in [5.74, 6) is 5.83. The maximum absolute atomic E-state index is 5.10. The van der Waals surface area contributed by atoms with Crippen LogP contribution in [-0.4, -0.2) is 157 Å². The summed E-state index contributed by atoms with van der Waals surface area (Å²) in [6.07, 6.45) is 43.9. The SMILES string of the molecule is CC1CCC(C)CC1.CC1CCCC1.CN1CCCC1.CN1CCCCC1.CN1CCOCC1.Cc1cc(C)nc(C)c1.Cc1ccccn1.Cc1ccncc1.Cc1cn(C)cn1.Cc1cncn1C.Cc1csc(C)n1.Cc1ncc[nH]1.Cc1nccn1C.Cc1ncco1.Cc1nccs1. The molecule has 572 valence electrons. The highest BCUT2D eigenvalue weighted by Gasteiger charge is 2.13. The van der Waals surface area contributed by atoms with Crippen molar-refractivity contribution in [2.45, 2.75) is 194 Å². The van der Waals surface area contributed by atoms with E-state index in [2.05, 4.69) is 136 Å². The largest absolute Gasteiger partial charge is 0.449 e. The molecular formula is C82H135N17O2S2. The molecule has 0 atom stereocenters. The van der Waals surface area contributed by atoms with Gasteiger partial charge in [-0.05, 0) is 221 Å². The van der Waals surface area contributed by atoms with Gasteiger partial charge in [-0.15, -0.1) is 22.7 Å². The average molecular weight is 1460 g/mol. The first kappa shape index (κ1) is 93.6. The summed E-state index contributed by atoms with van der Waals surface area (Å²) in [7, 11) is 12.4. The van der Waals surface area contributed by atoms with Crippen LogP contribution in [-0.2, 0) is 25.9 Å². The Morgan fingerprint density at radius 3 is 1.24 bits per heavy atom. The molecule has 10 aromatic heterocycles. The topological polar surface area (TPSA) is 192 Å². The zero-order chi connectivity index (χ0) is 76.4. The molecule has 13 heterocycles. The van der Waals surface area contributed by atoms with Gasteiger partial charge < -0.3 is 42.5 Å². The van der Waals surface area contributed by atoms with Gasteiger partial charge in [0, 0.05) is 142 Å². The molecule has 3 aliphatic heterocycles. The Labute approximate surface area is 631 Å². The number of H-pyrrole nitrogens is 1. The van der Waals surface area contributed by atoms with Crippen molar-refractivity contribution >= 4 is 22.7 Å². The molecule has 1 N–H and O–H groups in total. The van der Waals surface area contributed by atoms with Crippen molar-refractivity contribution in [3.05, 3.63) is 213 Å². The smallest absolute Gasteiger partial charge is 0.190 e. The second-order valence-corrected chi connectivity index (χ2v) is 29.3. The van der Waals surface area contributed by atoms with Gasteiger partial charge in [0.1, 0.15) is 17.9 Å². The van der Waals surface area contributed by atoms with Crippen LogP contribution in [0, 0.1) is 108 Å². The highest BCUT2D eigenvalue weighted by molar-refractivity contribution is 7.09. The average Bonchev–Trinajstić information content (AvgIpc) is 1.81. The number of nitrogens with zero attached hydrogens (tertiary/aromatic N) is 16. The van der Waals surface area contributed by atoms with Gasteiger partial charge in [-0.1, -0.05) is 84.6 Å². The lowest BCUT2D eigenvalue weighted by molar-refractivity contribution is 0.0503. The van der Waals surface area contributed by atoms with E-state index in [9.17, 15) is 0 Å². The fourth-order valence-corrected chi connectivity index (χ4v) is 10.9. The lowest BCUT2D eigenvalue weighted by Gasteiger charge is -2.22. The molecule has 5 aliphatic rings. The Bertz CT molecular complexity index is 3060. The van der Waals surface area contributed by atoms with E-state index in [0.29, 0.717) is 0 Å². The van der Waals surface area contributed by atoms with E-state index in [4.69, 9.17) is 9.15 Å². The van der Waals surface area contributed by atoms with Gasteiger partial charge in [0.05, 0.1) is 47.8 Å². The molecular weight excluding hydrogens is 1320 g/mol. The second-order valence-electron chi connectivity index (χ2n) is 27.2. The van der Waals surface area contributed by atoms with Crippen molar-refractivity contribution in [3.8, 4) is 0 Å². The van der Waals surface area contributed by atoms with E-state index >= 15 is 0 Å². The van der Waals surface area contributed by atoms with Crippen LogP contribution in [0.5, 0.6) is 0 Å². The Morgan fingerprint density at radius 1 is 0.456 bits per heavy atom. The maximum atomic E-state index is 5.10. The van der Waals surface area contributed by atoms with Crippen molar-refractivity contribution in [1.29, 1.82) is 0 Å². The minimum Gasteiger partial charge on any atom is -0.449 e. The van der Waals surface area contributed by atoms with E-state index in [1.807, 2.05) is 165 Å². The third kappa shape index (κ3) is 56.7. The highest BCUT2D eigenvalue weighted by atomic mass is 32.1. The van der Waals surface area contributed by atoms with Crippen LogP contribution in [0.1, 0.15) is 177 Å². The van der Waals surface area contributed by atoms with Gasteiger partial charge in [-0.25, -0.2) is 29.9 Å². The summed E-state index contributed by atoms with van der Waals surface area (Å²) in [6.45, 7) is 42.2. The predicted octanol–water partition coefficient (Wildman–Crippen LogP) is 18.7. The number of morpholine rings is 1. The Balaban J connectivity index is 0.000000552. The summed E-state index contributed by atoms with van der Waals surface area (Å²) in [4.78, 5) is 49.5. The van der Waals surface area contributed by atoms with Crippen LogP contribution in [0.4, 0.5) is 0 Å². The van der Waals surface area contributed by atoms with Crippen LogP contribution in [0.2, 0.25) is 0 Å². The zero-order valence-electron chi connectivity index (χ0n) is 67.6. The number of rotatable bonds is 0. The van der Waals surface area contributed by atoms with Gasteiger partial charge in [-0.2, -0.15) is 0 Å². The number of thiazole rings is 2. The van der Waals surface area contributed by atoms with Crippen molar-refractivity contribution < 1.29 is 9.15 Å². The second kappa shape index (κ2) is 59.9. The van der Waals surface area contributed by atoms with E-state index < -0.39 is 0 Å². The summed E-state index contributed by atoms with van der Waals surface area (Å²) < 4.78 is 15.7. The number of likely N-dealkylation sites (tertiary alicyclic amines) is 2. The Kier molecular flexibility index (Phi) is 54.5. The predicted molar refractivity (Wildman–Crippen MR) is 434 cm³/mol. The number of pyridine rings is 3. The Hall–Kier alpha value is -7.40. The molecule has 0 unspecified atom stereocenters. The molecule has 0 spiro atoms. The number of piperidine rings is 1. The number of imidazole rings is 4. The monoisotopic (exact) mass is 1450 g/mol. The van der Waals surface area contributed by atoms with Crippen molar-refractivity contribution in [2.75, 3.05) is 73.6 Å². The molecule has 2 aliphatic carbocycles. The molecule has 0 bridgehead atoms. The minimum absolute atomic E-state index is 0.718. The van der Waals surface area contributed by atoms with E-state index in [-0.39, 0.29) is 0 Å². The first-order valence-electron chi connectivity index (χ1n) is 36.9. The van der Waals surface area contributed by atoms with E-state index in [1.54, 1.807) is 98.1 Å². The number of ether oxygens (including phenoxy) is 1. The number of aryl methyl sites for hydroxylation is 16. The third-order valence-corrected chi connectivity index (χ3v) is 18.0. The third-order valence-electron chi connectivity index (χ3n) is 16.4. The number of nitrogens with one attached hydrogen (secondary N) is 1. The number of likely N-dealkylation sites (N-methyl/N-ethyl adjacent to an activating group) is 1. The summed E-state index contributed by atoms with van der Waals surface area (Å²) in [6, 6.07) is 14.0. The molecule has 3 saturated heterocycles. The fourth-order valence-electron chi connectivity index (χ4n) is 9.87. The van der Waals surface area contributed by atoms with Crippen molar-refractivity contribution in [1.82, 2.24) is 83.2 Å². The lowest BCUT2D eigenvalue weighted by atomic mass is 9.84. The summed E-state index contributed by atoms with van der Waals surface area (Å²) in [5, 5.41) is 6.30. The first-order chi connectivity index (χ1) is 49.2. The van der Waals surface area contributed by atoms with Crippen molar-refractivity contribution in [3.63, 3.8) is 0 Å². The molecule has 2 saturated carbocycles. The van der Waals surface area contributed by atoms with Crippen LogP contribution < -0.4 is 0 Å². The molecule has 0 aromatic carbocycles. The molecule has 5 fully saturated rings. The van der Waals surface area contributed by atoms with Crippen LogP contribution in [0.15, 0.2) is 145 Å². The van der Waals surface area contributed by atoms with E-state index in [1.165, 1.54) is 126 Å². The van der Waals surface area contributed by atoms with Crippen molar-refractivity contribution in [2.24, 2.45) is 38.9 Å². The molecule has 103 heavy (non-hydrogen) atoms. The number of oxazole rings is 1. The standard InChI is InChI=1S/C8H11N.C8H16.C6H7N.C6H13N.C6H7N.C6H12.3C5H8N2.C5H11NO.C5H7NS.C5H11N.C4H6N2.C4H5NO.C4H5NS/c1-6-4-7(2)9-8(3)5-6;1-7-3-5-8(2)6-4-7;1-6-2-4-7-5-3-6;1-7-5-3-2-4-6-7;1-6-4-2-3-5-7-6;1-6-4-2-3-5-6;1-5-3-7(2)4-6-5;1-5-3-6-4-7(5)2;1-5-6-3-4-7(5)2;1-6-2-4-7-5-3-6;1-4-3-7-5(2)6-4;1-6-4-2-3-5-6;3*1-4-5-2-3-6-4/h4-5H,1-3H3;7-8H,3-6H2,1-2H3;2-5H,1H3;2-6H2,1H3;2-5H,1H3;6H,2-5H2,1H3;3*3-4H,1-2H3;2-5H2,1H3;3H,1-2H3;2-5H2,1H3;2-3H,1H3,(H,5,6);2*2-3H,1H3. The van der Waals surface area contributed by atoms with Gasteiger partial charge >= 0.3 is 0 Å². The van der Waals surface area contributed by atoms with Gasteiger partial charge in [0.25, 0.3) is 0 Å². The van der Waals surface area contributed by atoms with Gasteiger partial charge in [0.15, 0.2) is 5.89 Å².